The second-order valence-corrected chi connectivity index (χ2v) is 17.4. The maximum atomic E-state index is 17.0. The number of imide groups is 2. The SMILES string of the molecule is C=CC(=O)N1CCN(c2nc(NCCCN3CCN(CCCNc4cccc5c4C(=O)N(C4CCC(=O)NC4=O)C5=O)CC3)nc3c(F)c(-c4cc(O)cc5ccccc45)c(Cl)cc23)CC1. The van der Waals surface area contributed by atoms with Crippen LogP contribution in [0.2, 0.25) is 5.02 Å². The molecular weight excluding hydrogens is 867 g/mol. The topological polar surface area (TPSA) is 184 Å². The molecule has 0 saturated carbocycles. The van der Waals surface area contributed by atoms with E-state index < -0.39 is 35.5 Å². The summed E-state index contributed by atoms with van der Waals surface area (Å²) in [4.78, 5) is 82.3. The number of hydrogen-bond donors (Lipinski definition) is 4. The maximum Gasteiger partial charge on any atom is 0.264 e. The van der Waals surface area contributed by atoms with Gasteiger partial charge in [-0.1, -0.05) is 48.5 Å². The van der Waals surface area contributed by atoms with Gasteiger partial charge in [0.2, 0.25) is 23.7 Å². The first-order valence-electron chi connectivity index (χ1n) is 22.3. The number of nitrogens with one attached hydrogen (secondary N) is 3. The van der Waals surface area contributed by atoms with Crippen molar-refractivity contribution in [3.8, 4) is 16.9 Å². The van der Waals surface area contributed by atoms with Gasteiger partial charge >= 0.3 is 0 Å². The molecule has 18 heteroatoms. The molecule has 5 aromatic rings. The summed E-state index contributed by atoms with van der Waals surface area (Å²) in [5, 5.41) is 21.6. The molecule has 342 valence electrons. The standard InChI is InChI=1S/C48H50ClFN10O6/c1-2-39(63)58-22-24-59(25-23-58)44-34-28-35(49)40(33-27-30(61)26-29-8-3-4-9-31(29)33)42(50)43(34)54-48(55-44)52-15-7-17-57-20-18-56(19-21-57)16-6-14-51-36-11-5-10-32-41(36)47(66)60(46(32)65)37-12-13-38(62)53-45(37)64/h2-5,8-11,26-28,37,51,61H,1,6-7,12-25H2,(H,52,54,55)(H,53,62,64). The molecule has 0 radical (unpaired) electrons. The highest BCUT2D eigenvalue weighted by molar-refractivity contribution is 6.35. The molecule has 1 aromatic heterocycles. The van der Waals surface area contributed by atoms with Gasteiger partial charge in [0.1, 0.15) is 23.1 Å². The zero-order valence-corrected chi connectivity index (χ0v) is 37.1. The number of amides is 5. The lowest BCUT2D eigenvalue weighted by molar-refractivity contribution is -0.136. The quantitative estimate of drug-likeness (QED) is 0.0656. The molecule has 4 aliphatic heterocycles. The van der Waals surface area contributed by atoms with E-state index in [1.807, 2.05) is 29.2 Å². The Kier molecular flexibility index (Phi) is 12.8. The van der Waals surface area contributed by atoms with E-state index in [1.165, 1.54) is 12.1 Å². The number of benzene rings is 4. The average Bonchev–Trinajstić information content (AvgIpc) is 3.57. The fourth-order valence-corrected chi connectivity index (χ4v) is 9.74. The Labute approximate surface area is 385 Å². The minimum absolute atomic E-state index is 0.0128. The van der Waals surface area contributed by atoms with Crippen LogP contribution in [0, 0.1) is 5.82 Å². The first-order chi connectivity index (χ1) is 32.0. The Morgan fingerprint density at radius 2 is 1.55 bits per heavy atom. The molecule has 4 aliphatic rings. The Bertz CT molecular complexity index is 2770. The smallest absolute Gasteiger partial charge is 0.264 e. The average molecular weight is 917 g/mol. The lowest BCUT2D eigenvalue weighted by atomic mass is 9.96. The van der Waals surface area contributed by atoms with Crippen molar-refractivity contribution < 1.29 is 33.5 Å². The van der Waals surface area contributed by atoms with E-state index in [9.17, 15) is 29.1 Å². The molecule has 4 aromatic carbocycles. The summed E-state index contributed by atoms with van der Waals surface area (Å²) >= 11 is 6.90. The van der Waals surface area contributed by atoms with Gasteiger partial charge in [0.15, 0.2) is 5.82 Å². The highest BCUT2D eigenvalue weighted by Gasteiger charge is 2.45. The number of aromatic hydroxyl groups is 1. The summed E-state index contributed by atoms with van der Waals surface area (Å²) in [7, 11) is 0. The molecule has 5 heterocycles. The Morgan fingerprint density at radius 3 is 2.26 bits per heavy atom. The summed E-state index contributed by atoms with van der Waals surface area (Å²) in [6.45, 7) is 11.8. The normalized spacial score (nSPS) is 18.3. The van der Waals surface area contributed by atoms with Gasteiger partial charge in [-0.15, -0.1) is 0 Å². The molecular formula is C48H50ClFN10O6. The Morgan fingerprint density at radius 1 is 0.833 bits per heavy atom. The van der Waals surface area contributed by atoms with Gasteiger partial charge in [0.05, 0.1) is 16.1 Å². The van der Waals surface area contributed by atoms with E-state index in [-0.39, 0.29) is 57.7 Å². The van der Waals surface area contributed by atoms with Crippen LogP contribution in [0.25, 0.3) is 32.8 Å². The van der Waals surface area contributed by atoms with Gasteiger partial charge in [-0.3, -0.25) is 34.2 Å². The first kappa shape index (κ1) is 44.5. The van der Waals surface area contributed by atoms with Crippen molar-refractivity contribution in [2.24, 2.45) is 0 Å². The van der Waals surface area contributed by atoms with Gasteiger partial charge in [0.25, 0.3) is 11.8 Å². The monoisotopic (exact) mass is 916 g/mol. The highest BCUT2D eigenvalue weighted by Crippen LogP contribution is 2.42. The summed E-state index contributed by atoms with van der Waals surface area (Å²) in [6, 6.07) is 16.3. The molecule has 0 spiro atoms. The zero-order chi connectivity index (χ0) is 46.1. The van der Waals surface area contributed by atoms with E-state index in [2.05, 4.69) is 32.3 Å². The van der Waals surface area contributed by atoms with Gasteiger partial charge in [-0.2, -0.15) is 4.98 Å². The van der Waals surface area contributed by atoms with Crippen LogP contribution in [0.4, 0.5) is 21.8 Å². The van der Waals surface area contributed by atoms with Crippen LogP contribution in [0.15, 0.2) is 73.3 Å². The highest BCUT2D eigenvalue weighted by atomic mass is 35.5. The van der Waals surface area contributed by atoms with Crippen molar-refractivity contribution in [1.82, 2.24) is 34.9 Å². The minimum Gasteiger partial charge on any atom is -0.508 e. The van der Waals surface area contributed by atoms with Crippen LogP contribution in [0.3, 0.4) is 0 Å². The number of carbonyl (C=O) groups is 5. The molecule has 3 saturated heterocycles. The number of piperazine rings is 2. The van der Waals surface area contributed by atoms with Crippen molar-refractivity contribution in [2.45, 2.75) is 31.7 Å². The summed E-state index contributed by atoms with van der Waals surface area (Å²) in [5.74, 6) is -2.10. The molecule has 66 heavy (non-hydrogen) atoms. The van der Waals surface area contributed by atoms with E-state index in [4.69, 9.17) is 21.6 Å². The number of hydrogen-bond acceptors (Lipinski definition) is 13. The van der Waals surface area contributed by atoms with Gasteiger partial charge in [0, 0.05) is 88.5 Å². The molecule has 5 amide bonds. The lowest BCUT2D eigenvalue weighted by Crippen LogP contribution is -2.54. The third-order valence-corrected chi connectivity index (χ3v) is 13.2. The fourth-order valence-electron chi connectivity index (χ4n) is 9.44. The van der Waals surface area contributed by atoms with Crippen LogP contribution in [-0.4, -0.2) is 149 Å². The number of rotatable bonds is 14. The molecule has 16 nitrogen and oxygen atoms in total. The van der Waals surface area contributed by atoms with E-state index in [0.717, 1.165) is 67.8 Å². The van der Waals surface area contributed by atoms with E-state index in [1.54, 1.807) is 35.2 Å². The van der Waals surface area contributed by atoms with Gasteiger partial charge < -0.3 is 35.3 Å². The van der Waals surface area contributed by atoms with Crippen LogP contribution in [0.1, 0.15) is 46.4 Å². The molecule has 1 unspecified atom stereocenters. The Balaban J connectivity index is 0.804. The largest absolute Gasteiger partial charge is 0.508 e. The number of phenols is 1. The molecule has 0 bridgehead atoms. The molecule has 4 N–H and O–H groups in total. The van der Waals surface area contributed by atoms with Gasteiger partial charge in [-0.05, 0) is 85.1 Å². The van der Waals surface area contributed by atoms with E-state index in [0.29, 0.717) is 61.7 Å². The second-order valence-electron chi connectivity index (χ2n) is 17.0. The number of halogens is 2. The molecule has 0 aliphatic carbocycles. The third kappa shape index (κ3) is 8.85. The number of fused-ring (bicyclic) bond motifs is 3. The summed E-state index contributed by atoms with van der Waals surface area (Å²) in [5.41, 5.74) is 1.73. The van der Waals surface area contributed by atoms with Crippen molar-refractivity contribution in [3.05, 3.63) is 95.3 Å². The van der Waals surface area contributed by atoms with Crippen molar-refractivity contribution in [3.63, 3.8) is 0 Å². The molecule has 1 atom stereocenters. The van der Waals surface area contributed by atoms with Crippen LogP contribution >= 0.6 is 11.6 Å². The van der Waals surface area contributed by atoms with E-state index >= 15 is 4.39 Å². The molecule has 3 fully saturated rings. The predicted molar refractivity (Wildman–Crippen MR) is 250 cm³/mol. The third-order valence-electron chi connectivity index (χ3n) is 12.9. The number of anilines is 3. The fraction of sp³-hybridized carbons (Fsp3) is 0.354. The second kappa shape index (κ2) is 19.0. The zero-order valence-electron chi connectivity index (χ0n) is 36.3. The number of piperidine rings is 1. The number of nitrogens with zero attached hydrogens (tertiary/aromatic N) is 7. The lowest BCUT2D eigenvalue weighted by Gasteiger charge is -2.35. The maximum absolute atomic E-state index is 17.0. The molecule has 9 rings (SSSR count). The van der Waals surface area contributed by atoms with Crippen LogP contribution < -0.4 is 20.9 Å². The number of carbonyl (C=O) groups excluding carboxylic acids is 5. The Hall–Kier alpha value is -6.69. The summed E-state index contributed by atoms with van der Waals surface area (Å²) in [6.07, 6.45) is 3.07. The van der Waals surface area contributed by atoms with Crippen molar-refractivity contribution in [2.75, 3.05) is 94.1 Å². The predicted octanol–water partition coefficient (Wildman–Crippen LogP) is 5.11. The minimum atomic E-state index is -1.01. The van der Waals surface area contributed by atoms with Crippen LogP contribution in [-0.2, 0) is 14.4 Å². The van der Waals surface area contributed by atoms with Crippen LogP contribution in [0.5, 0.6) is 5.75 Å². The van der Waals surface area contributed by atoms with Gasteiger partial charge in [-0.25, -0.2) is 9.37 Å². The van der Waals surface area contributed by atoms with Crippen molar-refractivity contribution >= 4 is 80.3 Å². The number of aromatic nitrogens is 2. The summed E-state index contributed by atoms with van der Waals surface area (Å²) < 4.78 is 17.0. The first-order valence-corrected chi connectivity index (χ1v) is 22.7. The number of phenolic OH excluding ortho intramolecular Hbond substituents is 1. The van der Waals surface area contributed by atoms with Crippen molar-refractivity contribution in [1.29, 1.82) is 0 Å².